The molecule has 0 radical (unpaired) electrons. The van der Waals surface area contributed by atoms with Crippen LogP contribution in [0.4, 0.5) is 0 Å². The molecule has 0 N–H and O–H groups in total. The van der Waals surface area contributed by atoms with Crippen molar-refractivity contribution in [3.8, 4) is 0 Å². The summed E-state index contributed by atoms with van der Waals surface area (Å²) in [7, 11) is 3.51. The van der Waals surface area contributed by atoms with Gasteiger partial charge in [0.2, 0.25) is 0 Å². The molecule has 0 saturated carbocycles. The van der Waals surface area contributed by atoms with Crippen LogP contribution in [0.15, 0.2) is 41.8 Å². The zero-order valence-corrected chi connectivity index (χ0v) is 12.9. The fourth-order valence-corrected chi connectivity index (χ4v) is 2.80. The van der Waals surface area contributed by atoms with Crippen LogP contribution in [0.25, 0.3) is 0 Å². The van der Waals surface area contributed by atoms with E-state index in [1.807, 2.05) is 17.8 Å². The zero-order valence-electron chi connectivity index (χ0n) is 12.1. The van der Waals surface area contributed by atoms with Gasteiger partial charge in [0, 0.05) is 31.3 Å². The topological polar surface area (TPSA) is 18.5 Å². The van der Waals surface area contributed by atoms with Gasteiger partial charge in [-0.1, -0.05) is 23.8 Å². The van der Waals surface area contributed by atoms with Gasteiger partial charge >= 0.3 is 0 Å². The molecule has 3 heteroatoms. The molecule has 106 valence electrons. The maximum Gasteiger partial charge on any atom is 0.0690 e. The number of thioether (sulfide) groups is 1. The number of aryl methyl sites for hydroxylation is 1. The largest absolute Gasteiger partial charge is 0.381 e. The Morgan fingerprint density at radius 2 is 1.79 bits per heavy atom. The standard InChI is InChI=1S/C16H24O2S/c1-5-6-14(17-3)11-15(18-4)12-19-16-9-7-13(2)8-10-16/h5,7-10,14-15H,1,6,11-12H2,2-4H3. The molecule has 0 aliphatic carbocycles. The highest BCUT2D eigenvalue weighted by atomic mass is 32.2. The van der Waals surface area contributed by atoms with Crippen molar-refractivity contribution >= 4 is 11.8 Å². The summed E-state index contributed by atoms with van der Waals surface area (Å²) in [6.07, 6.45) is 4.06. The number of rotatable bonds is 9. The molecule has 0 aliphatic rings. The van der Waals surface area contributed by atoms with Gasteiger partial charge in [0.05, 0.1) is 12.2 Å². The molecule has 0 amide bonds. The van der Waals surface area contributed by atoms with E-state index in [1.54, 1.807) is 14.2 Å². The van der Waals surface area contributed by atoms with E-state index >= 15 is 0 Å². The lowest BCUT2D eigenvalue weighted by molar-refractivity contribution is 0.0343. The zero-order chi connectivity index (χ0) is 14.1. The Balaban J connectivity index is 2.43. The van der Waals surface area contributed by atoms with Crippen molar-refractivity contribution in [3.05, 3.63) is 42.5 Å². The average Bonchev–Trinajstić information content (AvgIpc) is 2.44. The molecule has 0 heterocycles. The highest BCUT2D eigenvalue weighted by Gasteiger charge is 2.15. The molecule has 0 fully saturated rings. The third-order valence-electron chi connectivity index (χ3n) is 3.08. The molecule has 0 saturated heterocycles. The Bertz CT molecular complexity index is 362. The van der Waals surface area contributed by atoms with Crippen LogP contribution >= 0.6 is 11.8 Å². The maximum absolute atomic E-state index is 5.54. The lowest BCUT2D eigenvalue weighted by atomic mass is 10.1. The first-order chi connectivity index (χ1) is 9.19. The van der Waals surface area contributed by atoms with E-state index in [9.17, 15) is 0 Å². The second-order valence-electron chi connectivity index (χ2n) is 4.60. The smallest absolute Gasteiger partial charge is 0.0690 e. The van der Waals surface area contributed by atoms with Crippen molar-refractivity contribution in [1.29, 1.82) is 0 Å². The minimum Gasteiger partial charge on any atom is -0.381 e. The van der Waals surface area contributed by atoms with E-state index in [1.165, 1.54) is 10.5 Å². The quantitative estimate of drug-likeness (QED) is 0.501. The number of hydrogen-bond acceptors (Lipinski definition) is 3. The lowest BCUT2D eigenvalue weighted by Crippen LogP contribution is -2.23. The minimum absolute atomic E-state index is 0.195. The van der Waals surface area contributed by atoms with Crippen LogP contribution in [0.2, 0.25) is 0 Å². The average molecular weight is 280 g/mol. The third-order valence-corrected chi connectivity index (χ3v) is 4.22. The van der Waals surface area contributed by atoms with Crippen LogP contribution in [0.3, 0.4) is 0 Å². The normalized spacial score (nSPS) is 14.1. The molecule has 0 bridgehead atoms. The van der Waals surface area contributed by atoms with Crippen molar-refractivity contribution in [2.24, 2.45) is 0 Å². The van der Waals surface area contributed by atoms with Gasteiger partial charge in [0.15, 0.2) is 0 Å². The van der Waals surface area contributed by atoms with Crippen LogP contribution in [0.1, 0.15) is 18.4 Å². The predicted molar refractivity (Wildman–Crippen MR) is 82.9 cm³/mol. The third kappa shape index (κ3) is 6.28. The lowest BCUT2D eigenvalue weighted by Gasteiger charge is -2.20. The maximum atomic E-state index is 5.54. The Labute approximate surface area is 121 Å². The molecular formula is C16H24O2S. The molecule has 1 aromatic rings. The van der Waals surface area contributed by atoms with Crippen molar-refractivity contribution in [3.63, 3.8) is 0 Å². The Morgan fingerprint density at radius 1 is 1.16 bits per heavy atom. The molecule has 2 unspecified atom stereocenters. The second-order valence-corrected chi connectivity index (χ2v) is 5.69. The molecule has 2 nitrogen and oxygen atoms in total. The fourth-order valence-electron chi connectivity index (χ4n) is 1.82. The molecule has 1 aromatic carbocycles. The summed E-state index contributed by atoms with van der Waals surface area (Å²) in [5, 5.41) is 0. The summed E-state index contributed by atoms with van der Waals surface area (Å²) >= 11 is 1.83. The first-order valence-electron chi connectivity index (χ1n) is 6.55. The summed E-state index contributed by atoms with van der Waals surface area (Å²) in [6, 6.07) is 8.59. The minimum atomic E-state index is 0.195. The van der Waals surface area contributed by atoms with Gasteiger partial charge in [0.1, 0.15) is 0 Å². The molecule has 0 aliphatic heterocycles. The van der Waals surface area contributed by atoms with E-state index in [0.29, 0.717) is 0 Å². The fraction of sp³-hybridized carbons (Fsp3) is 0.500. The number of methoxy groups -OCH3 is 2. The monoisotopic (exact) mass is 280 g/mol. The Kier molecular flexibility index (Phi) is 7.87. The molecule has 1 rings (SSSR count). The van der Waals surface area contributed by atoms with E-state index in [2.05, 4.69) is 37.8 Å². The number of hydrogen-bond donors (Lipinski definition) is 0. The van der Waals surface area contributed by atoms with Crippen molar-refractivity contribution < 1.29 is 9.47 Å². The number of benzene rings is 1. The van der Waals surface area contributed by atoms with Gasteiger partial charge < -0.3 is 9.47 Å². The highest BCUT2D eigenvalue weighted by molar-refractivity contribution is 7.99. The van der Waals surface area contributed by atoms with Gasteiger partial charge in [-0.15, -0.1) is 18.3 Å². The van der Waals surface area contributed by atoms with Crippen LogP contribution in [0, 0.1) is 6.92 Å². The molecule has 0 aromatic heterocycles. The van der Waals surface area contributed by atoms with E-state index in [4.69, 9.17) is 9.47 Å². The van der Waals surface area contributed by atoms with Gasteiger partial charge in [0.25, 0.3) is 0 Å². The van der Waals surface area contributed by atoms with Crippen LogP contribution in [0.5, 0.6) is 0 Å². The SMILES string of the molecule is C=CCC(CC(CSc1ccc(C)cc1)OC)OC. The molecule has 0 spiro atoms. The van der Waals surface area contributed by atoms with Gasteiger partial charge in [-0.2, -0.15) is 0 Å². The van der Waals surface area contributed by atoms with Crippen LogP contribution in [-0.4, -0.2) is 32.2 Å². The summed E-state index contributed by atoms with van der Waals surface area (Å²) in [4.78, 5) is 1.28. The predicted octanol–water partition coefficient (Wildman–Crippen LogP) is 4.08. The van der Waals surface area contributed by atoms with Crippen LogP contribution in [-0.2, 0) is 9.47 Å². The van der Waals surface area contributed by atoms with Crippen molar-refractivity contribution in [2.75, 3.05) is 20.0 Å². The van der Waals surface area contributed by atoms with Crippen molar-refractivity contribution in [1.82, 2.24) is 0 Å². The second kappa shape index (κ2) is 9.18. The summed E-state index contributed by atoms with van der Waals surface area (Å²) in [6.45, 7) is 5.86. The van der Waals surface area contributed by atoms with Gasteiger partial charge in [-0.3, -0.25) is 0 Å². The van der Waals surface area contributed by atoms with Gasteiger partial charge in [-0.05, 0) is 25.5 Å². The first-order valence-corrected chi connectivity index (χ1v) is 7.54. The summed E-state index contributed by atoms with van der Waals surface area (Å²) in [5.74, 6) is 0.941. The molecule has 2 atom stereocenters. The molecular weight excluding hydrogens is 256 g/mol. The van der Waals surface area contributed by atoms with Gasteiger partial charge in [-0.25, -0.2) is 0 Å². The van der Waals surface area contributed by atoms with E-state index < -0.39 is 0 Å². The Morgan fingerprint density at radius 3 is 2.32 bits per heavy atom. The first kappa shape index (κ1) is 16.3. The van der Waals surface area contributed by atoms with E-state index in [0.717, 1.165) is 18.6 Å². The van der Waals surface area contributed by atoms with Crippen molar-refractivity contribution in [2.45, 2.75) is 36.9 Å². The molecule has 19 heavy (non-hydrogen) atoms. The van der Waals surface area contributed by atoms with E-state index in [-0.39, 0.29) is 12.2 Å². The summed E-state index contributed by atoms with van der Waals surface area (Å²) < 4.78 is 11.0. The Hall–Kier alpha value is -0.770. The highest BCUT2D eigenvalue weighted by Crippen LogP contribution is 2.22. The summed E-state index contributed by atoms with van der Waals surface area (Å²) in [5.41, 5.74) is 1.29. The van der Waals surface area contributed by atoms with Crippen LogP contribution < -0.4 is 0 Å². The number of ether oxygens (including phenoxy) is 2.